The van der Waals surface area contributed by atoms with Gasteiger partial charge in [-0.05, 0) is 44.2 Å². The molecule has 1 aromatic rings. The molecule has 3 rings (SSSR count). The smallest absolute Gasteiger partial charge is 0.237 e. The number of carbonyl (C=O) groups is 2. The van der Waals surface area contributed by atoms with Gasteiger partial charge in [-0.15, -0.1) is 0 Å². The van der Waals surface area contributed by atoms with Gasteiger partial charge < -0.3 is 0 Å². The van der Waals surface area contributed by atoms with Gasteiger partial charge in [0.05, 0.1) is 17.5 Å². The standard InChI is InChI=1S/C16H19NO2/c1-10-3-6-12(7-4-10)17-15(18)13-8-5-11(2)9-14(13)16(17)19/h3-4,6-7,11,13-14H,5,8-9H2,1-2H3. The van der Waals surface area contributed by atoms with E-state index in [0.29, 0.717) is 5.92 Å². The number of amides is 2. The lowest BCUT2D eigenvalue weighted by Gasteiger charge is -2.25. The van der Waals surface area contributed by atoms with Crippen molar-refractivity contribution >= 4 is 17.5 Å². The summed E-state index contributed by atoms with van der Waals surface area (Å²) in [7, 11) is 0. The number of imide groups is 1. The van der Waals surface area contributed by atoms with E-state index < -0.39 is 0 Å². The van der Waals surface area contributed by atoms with Crippen molar-refractivity contribution in [2.45, 2.75) is 33.1 Å². The fourth-order valence-corrected chi connectivity index (χ4v) is 3.34. The van der Waals surface area contributed by atoms with E-state index in [1.165, 1.54) is 4.90 Å². The summed E-state index contributed by atoms with van der Waals surface area (Å²) >= 11 is 0. The first-order valence-corrected chi connectivity index (χ1v) is 7.02. The first kappa shape index (κ1) is 12.4. The highest BCUT2D eigenvalue weighted by Crippen LogP contribution is 2.42. The molecule has 1 aliphatic carbocycles. The molecule has 1 aromatic carbocycles. The van der Waals surface area contributed by atoms with Gasteiger partial charge in [0.2, 0.25) is 11.8 Å². The van der Waals surface area contributed by atoms with Gasteiger partial charge in [0.15, 0.2) is 0 Å². The third-order valence-corrected chi connectivity index (χ3v) is 4.48. The Hall–Kier alpha value is -1.64. The lowest BCUT2D eigenvalue weighted by Crippen LogP contribution is -2.30. The van der Waals surface area contributed by atoms with Crippen LogP contribution in [0.2, 0.25) is 0 Å². The van der Waals surface area contributed by atoms with E-state index in [9.17, 15) is 9.59 Å². The zero-order valence-electron chi connectivity index (χ0n) is 11.4. The second-order valence-corrected chi connectivity index (χ2v) is 5.98. The van der Waals surface area contributed by atoms with Crippen molar-refractivity contribution in [1.29, 1.82) is 0 Å². The maximum Gasteiger partial charge on any atom is 0.237 e. The Morgan fingerprint density at radius 2 is 1.63 bits per heavy atom. The molecule has 3 nitrogen and oxygen atoms in total. The summed E-state index contributed by atoms with van der Waals surface area (Å²) in [5.74, 6) is 0.398. The number of benzene rings is 1. The van der Waals surface area contributed by atoms with Crippen molar-refractivity contribution in [3.63, 3.8) is 0 Å². The van der Waals surface area contributed by atoms with Gasteiger partial charge in [-0.25, -0.2) is 0 Å². The molecule has 3 unspecified atom stereocenters. The van der Waals surface area contributed by atoms with Crippen molar-refractivity contribution in [2.75, 3.05) is 4.90 Å². The first-order chi connectivity index (χ1) is 9.08. The van der Waals surface area contributed by atoms with Crippen LogP contribution in [0.25, 0.3) is 0 Å². The van der Waals surface area contributed by atoms with E-state index in [0.717, 1.165) is 30.5 Å². The molecule has 2 fully saturated rings. The van der Waals surface area contributed by atoms with Gasteiger partial charge in [0.1, 0.15) is 0 Å². The number of fused-ring (bicyclic) bond motifs is 1. The molecule has 1 saturated carbocycles. The monoisotopic (exact) mass is 257 g/mol. The average molecular weight is 257 g/mol. The Bertz CT molecular complexity index is 520. The molecule has 2 aliphatic rings. The van der Waals surface area contributed by atoms with Crippen LogP contribution < -0.4 is 4.90 Å². The second kappa shape index (κ2) is 4.48. The molecule has 2 amide bonds. The lowest BCUT2D eigenvalue weighted by molar-refractivity contribution is -0.122. The van der Waals surface area contributed by atoms with Crippen LogP contribution in [0.15, 0.2) is 24.3 Å². The van der Waals surface area contributed by atoms with E-state index in [1.54, 1.807) is 0 Å². The first-order valence-electron chi connectivity index (χ1n) is 7.02. The van der Waals surface area contributed by atoms with Gasteiger partial charge in [0, 0.05) is 0 Å². The molecule has 0 bridgehead atoms. The van der Waals surface area contributed by atoms with Gasteiger partial charge in [-0.3, -0.25) is 14.5 Å². The summed E-state index contributed by atoms with van der Waals surface area (Å²) in [4.78, 5) is 26.3. The van der Waals surface area contributed by atoms with Crippen molar-refractivity contribution < 1.29 is 9.59 Å². The number of hydrogen-bond donors (Lipinski definition) is 0. The highest BCUT2D eigenvalue weighted by molar-refractivity contribution is 6.22. The van der Waals surface area contributed by atoms with Crippen LogP contribution in [-0.4, -0.2) is 11.8 Å². The number of hydrogen-bond acceptors (Lipinski definition) is 2. The molecule has 0 spiro atoms. The van der Waals surface area contributed by atoms with Crippen LogP contribution in [0.5, 0.6) is 0 Å². The van der Waals surface area contributed by atoms with Crippen molar-refractivity contribution in [3.8, 4) is 0 Å². The molecule has 1 heterocycles. The third kappa shape index (κ3) is 1.97. The zero-order valence-corrected chi connectivity index (χ0v) is 11.4. The molecule has 0 aromatic heterocycles. The molecule has 100 valence electrons. The van der Waals surface area contributed by atoms with Crippen molar-refractivity contribution in [1.82, 2.24) is 0 Å². The summed E-state index contributed by atoms with van der Waals surface area (Å²) in [5, 5.41) is 0. The second-order valence-electron chi connectivity index (χ2n) is 5.98. The highest BCUT2D eigenvalue weighted by Gasteiger charge is 2.49. The maximum absolute atomic E-state index is 12.5. The van der Waals surface area contributed by atoms with Crippen molar-refractivity contribution in [3.05, 3.63) is 29.8 Å². The predicted molar refractivity (Wildman–Crippen MR) is 73.7 cm³/mol. The number of anilines is 1. The zero-order chi connectivity index (χ0) is 13.6. The van der Waals surface area contributed by atoms with Crippen molar-refractivity contribution in [2.24, 2.45) is 17.8 Å². The van der Waals surface area contributed by atoms with E-state index in [4.69, 9.17) is 0 Å². The van der Waals surface area contributed by atoms with Gasteiger partial charge >= 0.3 is 0 Å². The summed E-state index contributed by atoms with van der Waals surface area (Å²) in [6.07, 6.45) is 2.78. The normalized spacial score (nSPS) is 30.6. The molecular formula is C16H19NO2. The quantitative estimate of drug-likeness (QED) is 0.725. The van der Waals surface area contributed by atoms with E-state index >= 15 is 0 Å². The third-order valence-electron chi connectivity index (χ3n) is 4.48. The van der Waals surface area contributed by atoms with E-state index in [2.05, 4.69) is 6.92 Å². The summed E-state index contributed by atoms with van der Waals surface area (Å²) in [6.45, 7) is 4.17. The fourth-order valence-electron chi connectivity index (χ4n) is 3.34. The van der Waals surface area contributed by atoms with Gasteiger partial charge in [0.25, 0.3) is 0 Å². The Kier molecular flexibility index (Phi) is 2.92. The Labute approximate surface area is 113 Å². The number of nitrogens with zero attached hydrogens (tertiary/aromatic N) is 1. The molecule has 1 saturated heterocycles. The Morgan fingerprint density at radius 1 is 1.00 bits per heavy atom. The predicted octanol–water partition coefficient (Wildman–Crippen LogP) is 2.92. The Morgan fingerprint density at radius 3 is 2.32 bits per heavy atom. The van der Waals surface area contributed by atoms with Crippen LogP contribution in [0.4, 0.5) is 5.69 Å². The average Bonchev–Trinajstić information content (AvgIpc) is 2.63. The van der Waals surface area contributed by atoms with Crippen LogP contribution >= 0.6 is 0 Å². The molecule has 0 radical (unpaired) electrons. The number of rotatable bonds is 1. The Balaban J connectivity index is 1.93. The van der Waals surface area contributed by atoms with Crippen LogP contribution in [0.1, 0.15) is 31.7 Å². The molecule has 1 aliphatic heterocycles. The van der Waals surface area contributed by atoms with E-state index in [1.807, 2.05) is 31.2 Å². The number of aryl methyl sites for hydroxylation is 1. The minimum atomic E-state index is -0.0856. The maximum atomic E-state index is 12.5. The lowest BCUT2D eigenvalue weighted by atomic mass is 9.76. The van der Waals surface area contributed by atoms with E-state index in [-0.39, 0.29) is 23.7 Å². The molecule has 3 heteroatoms. The van der Waals surface area contributed by atoms with Crippen LogP contribution in [0, 0.1) is 24.7 Å². The molecule has 0 N–H and O–H groups in total. The molecule has 3 atom stereocenters. The van der Waals surface area contributed by atoms with Gasteiger partial charge in [-0.1, -0.05) is 24.6 Å². The molecule has 19 heavy (non-hydrogen) atoms. The topological polar surface area (TPSA) is 37.4 Å². The highest BCUT2D eigenvalue weighted by atomic mass is 16.2. The largest absolute Gasteiger partial charge is 0.274 e. The van der Waals surface area contributed by atoms with Crippen LogP contribution in [0.3, 0.4) is 0 Å². The summed E-state index contributed by atoms with van der Waals surface area (Å²) in [6, 6.07) is 7.62. The fraction of sp³-hybridized carbons (Fsp3) is 0.500. The number of carbonyl (C=O) groups excluding carboxylic acids is 2. The van der Waals surface area contributed by atoms with Gasteiger partial charge in [-0.2, -0.15) is 0 Å². The summed E-state index contributed by atoms with van der Waals surface area (Å²) < 4.78 is 0. The minimum absolute atomic E-state index is 0.00500. The SMILES string of the molecule is Cc1ccc(N2C(=O)C3CCC(C)CC3C2=O)cc1. The minimum Gasteiger partial charge on any atom is -0.274 e. The summed E-state index contributed by atoms with van der Waals surface area (Å²) in [5.41, 5.74) is 1.86. The van der Waals surface area contributed by atoms with Crippen LogP contribution in [-0.2, 0) is 9.59 Å². The molecular weight excluding hydrogens is 238 g/mol.